The second-order valence-electron chi connectivity index (χ2n) is 9.42. The quantitative estimate of drug-likeness (QED) is 0.0836. The lowest BCUT2D eigenvalue weighted by atomic mass is 10.1. The van der Waals surface area contributed by atoms with Gasteiger partial charge in [0.05, 0.1) is 21.1 Å². The van der Waals surface area contributed by atoms with E-state index in [-0.39, 0.29) is 17.1 Å². The molecule has 0 saturated carbocycles. The van der Waals surface area contributed by atoms with Crippen LogP contribution in [0.3, 0.4) is 0 Å². The number of hydrogen-bond acceptors (Lipinski definition) is 5. The Morgan fingerprint density at radius 1 is 0.976 bits per heavy atom. The molecular formula is C30H30Cl2N4O4S. The molecule has 41 heavy (non-hydrogen) atoms. The number of unbranched alkanes of at least 4 members (excludes halogenated alkanes) is 3. The number of halogens is 2. The summed E-state index contributed by atoms with van der Waals surface area (Å²) in [6.45, 7) is 2.76. The second kappa shape index (κ2) is 14.4. The number of amides is 2. The number of benzene rings is 3. The molecule has 0 aliphatic carbocycles. The first-order chi connectivity index (χ1) is 19.8. The van der Waals surface area contributed by atoms with E-state index in [1.165, 1.54) is 6.07 Å². The maximum Gasteiger partial charge on any atom is 0.364 e. The molecule has 0 radical (unpaired) electrons. The van der Waals surface area contributed by atoms with Crippen LogP contribution >= 0.6 is 35.0 Å². The van der Waals surface area contributed by atoms with Crippen LogP contribution in [0.15, 0.2) is 75.8 Å². The number of nitrogens with zero attached hydrogens (tertiary/aromatic N) is 3. The fraction of sp³-hybridized carbons (Fsp3) is 0.267. The Morgan fingerprint density at radius 2 is 1.76 bits per heavy atom. The summed E-state index contributed by atoms with van der Waals surface area (Å²) >= 11 is 13.6. The SMILES string of the molecule is CCCCCCn1c(O)c(N=NC(=O)Nc2ccc(Cl)c(Cl)c2)c2cc(SCCc3ccc(C(=O)O)cc3)ccc21. The molecule has 1 aromatic heterocycles. The molecule has 0 fully saturated rings. The highest BCUT2D eigenvalue weighted by Gasteiger charge is 2.18. The number of urea groups is 1. The van der Waals surface area contributed by atoms with Crippen molar-refractivity contribution in [1.29, 1.82) is 0 Å². The predicted octanol–water partition coefficient (Wildman–Crippen LogP) is 9.58. The lowest BCUT2D eigenvalue weighted by molar-refractivity contribution is 0.0697. The molecule has 3 N–H and O–H groups in total. The molecule has 0 bridgehead atoms. The Morgan fingerprint density at radius 3 is 2.46 bits per heavy atom. The van der Waals surface area contributed by atoms with Crippen molar-refractivity contribution in [2.24, 2.45) is 10.2 Å². The highest BCUT2D eigenvalue weighted by atomic mass is 35.5. The molecule has 8 nitrogen and oxygen atoms in total. The van der Waals surface area contributed by atoms with Crippen molar-refractivity contribution in [2.45, 2.75) is 50.5 Å². The number of anilines is 1. The van der Waals surface area contributed by atoms with Crippen molar-refractivity contribution >= 4 is 69.2 Å². The number of aromatic hydroxyl groups is 1. The van der Waals surface area contributed by atoms with Crippen LogP contribution in [-0.2, 0) is 13.0 Å². The van der Waals surface area contributed by atoms with Crippen LogP contribution in [0.1, 0.15) is 48.5 Å². The Kier molecular flexibility index (Phi) is 10.7. The van der Waals surface area contributed by atoms with E-state index < -0.39 is 12.0 Å². The first kappa shape index (κ1) is 30.4. The monoisotopic (exact) mass is 612 g/mol. The molecule has 1 heterocycles. The molecule has 0 saturated heterocycles. The van der Waals surface area contributed by atoms with Crippen LogP contribution in [0.5, 0.6) is 5.88 Å². The summed E-state index contributed by atoms with van der Waals surface area (Å²) < 4.78 is 1.81. The van der Waals surface area contributed by atoms with Crippen LogP contribution < -0.4 is 5.32 Å². The Hall–Kier alpha value is -3.53. The predicted molar refractivity (Wildman–Crippen MR) is 166 cm³/mol. The van der Waals surface area contributed by atoms with Gasteiger partial charge in [-0.05, 0) is 66.9 Å². The third-order valence-electron chi connectivity index (χ3n) is 6.49. The number of carboxylic acid groups (broad SMARTS) is 1. The first-order valence-corrected chi connectivity index (χ1v) is 15.0. The minimum Gasteiger partial charge on any atom is -0.493 e. The maximum atomic E-state index is 12.5. The van der Waals surface area contributed by atoms with E-state index in [2.05, 4.69) is 22.5 Å². The summed E-state index contributed by atoms with van der Waals surface area (Å²) in [5.74, 6) is -0.215. The number of azo groups is 1. The maximum absolute atomic E-state index is 12.5. The lowest BCUT2D eigenvalue weighted by Gasteiger charge is -2.07. The zero-order valence-corrected chi connectivity index (χ0v) is 24.8. The molecule has 214 valence electrons. The number of rotatable bonds is 12. The minimum atomic E-state index is -0.945. The van der Waals surface area contributed by atoms with Crippen LogP contribution in [-0.4, -0.2) is 32.5 Å². The van der Waals surface area contributed by atoms with Crippen molar-refractivity contribution in [1.82, 2.24) is 4.57 Å². The van der Waals surface area contributed by atoms with Gasteiger partial charge >= 0.3 is 12.0 Å². The Labute approximate surface area is 252 Å². The Balaban J connectivity index is 1.53. The number of carbonyl (C=O) groups is 2. The minimum absolute atomic E-state index is 0.0387. The molecule has 2 amide bonds. The zero-order chi connectivity index (χ0) is 29.4. The van der Waals surface area contributed by atoms with Gasteiger partial charge in [0.1, 0.15) is 0 Å². The normalized spacial score (nSPS) is 11.4. The van der Waals surface area contributed by atoms with Crippen LogP contribution in [0, 0.1) is 0 Å². The summed E-state index contributed by atoms with van der Waals surface area (Å²) in [5.41, 5.74) is 2.76. The van der Waals surface area contributed by atoms with E-state index >= 15 is 0 Å². The van der Waals surface area contributed by atoms with Gasteiger partial charge in [-0.1, -0.05) is 66.6 Å². The molecule has 4 aromatic rings. The fourth-order valence-corrected chi connectivity index (χ4v) is 5.57. The van der Waals surface area contributed by atoms with Crippen molar-refractivity contribution in [2.75, 3.05) is 11.1 Å². The van der Waals surface area contributed by atoms with Gasteiger partial charge in [0.25, 0.3) is 0 Å². The summed E-state index contributed by atoms with van der Waals surface area (Å²) in [7, 11) is 0. The van der Waals surface area contributed by atoms with Gasteiger partial charge in [-0.2, -0.15) is 0 Å². The third kappa shape index (κ3) is 8.03. The number of carbonyl (C=O) groups excluding carboxylic acids is 1. The van der Waals surface area contributed by atoms with Gasteiger partial charge < -0.3 is 20.1 Å². The van der Waals surface area contributed by atoms with E-state index in [9.17, 15) is 14.7 Å². The lowest BCUT2D eigenvalue weighted by Crippen LogP contribution is -2.05. The largest absolute Gasteiger partial charge is 0.493 e. The van der Waals surface area contributed by atoms with E-state index in [0.29, 0.717) is 27.7 Å². The summed E-state index contributed by atoms with van der Waals surface area (Å²) in [5, 5.41) is 32.1. The van der Waals surface area contributed by atoms with Gasteiger partial charge in [0, 0.05) is 28.3 Å². The van der Waals surface area contributed by atoms with Gasteiger partial charge in [0.2, 0.25) is 5.88 Å². The van der Waals surface area contributed by atoms with Gasteiger partial charge in [-0.15, -0.1) is 16.9 Å². The van der Waals surface area contributed by atoms with Crippen molar-refractivity contribution in [3.8, 4) is 5.88 Å². The Bertz CT molecular complexity index is 1570. The van der Waals surface area contributed by atoms with Crippen molar-refractivity contribution < 1.29 is 19.8 Å². The van der Waals surface area contributed by atoms with Crippen molar-refractivity contribution in [3.05, 3.63) is 81.8 Å². The molecule has 11 heteroatoms. The standard InChI is InChI=1S/C30H30Cl2N4O4S/c1-2-3-4-5-15-36-26-13-11-22(41-16-14-19-6-8-20(9-7-19)29(38)39)18-23(26)27(28(36)37)34-35-30(40)33-21-10-12-24(31)25(32)17-21/h6-13,17-18,37H,2-5,14-16H2,1H3,(H,33,40)(H,38,39). The van der Waals surface area contributed by atoms with Gasteiger partial charge in [-0.3, -0.25) is 0 Å². The van der Waals surface area contributed by atoms with E-state index in [0.717, 1.165) is 53.8 Å². The highest BCUT2D eigenvalue weighted by molar-refractivity contribution is 7.99. The number of nitrogens with one attached hydrogen (secondary N) is 1. The highest BCUT2D eigenvalue weighted by Crippen LogP contribution is 2.41. The molecule has 4 rings (SSSR count). The number of aromatic carboxylic acids is 1. The molecule has 0 unspecified atom stereocenters. The molecule has 3 aromatic carbocycles. The molecular weight excluding hydrogens is 583 g/mol. The number of aryl methyl sites for hydroxylation is 2. The number of carboxylic acids is 1. The average molecular weight is 614 g/mol. The topological polar surface area (TPSA) is 116 Å². The van der Waals surface area contributed by atoms with E-state index in [4.69, 9.17) is 28.3 Å². The number of thioether (sulfide) groups is 1. The molecule has 0 aliphatic rings. The smallest absolute Gasteiger partial charge is 0.364 e. The molecule has 0 atom stereocenters. The summed E-state index contributed by atoms with van der Waals surface area (Å²) in [6, 6.07) is 16.7. The number of fused-ring (bicyclic) bond motifs is 1. The van der Waals surface area contributed by atoms with Gasteiger partial charge in [0.15, 0.2) is 5.69 Å². The fourth-order valence-electron chi connectivity index (χ4n) is 4.33. The summed E-state index contributed by atoms with van der Waals surface area (Å²) in [4.78, 5) is 24.6. The zero-order valence-electron chi connectivity index (χ0n) is 22.4. The number of hydrogen-bond donors (Lipinski definition) is 3. The molecule has 0 spiro atoms. The van der Waals surface area contributed by atoms with Crippen LogP contribution in [0.25, 0.3) is 10.9 Å². The molecule has 0 aliphatic heterocycles. The second-order valence-corrected chi connectivity index (χ2v) is 11.4. The average Bonchev–Trinajstić information content (AvgIpc) is 3.21. The first-order valence-electron chi connectivity index (χ1n) is 13.2. The number of aromatic nitrogens is 1. The van der Waals surface area contributed by atoms with E-state index in [1.54, 1.807) is 36.0 Å². The third-order valence-corrected chi connectivity index (χ3v) is 8.22. The van der Waals surface area contributed by atoms with Gasteiger partial charge in [-0.25, -0.2) is 9.59 Å². The van der Waals surface area contributed by atoms with Crippen LogP contribution in [0.2, 0.25) is 10.0 Å². The van der Waals surface area contributed by atoms with Crippen molar-refractivity contribution in [3.63, 3.8) is 0 Å². The van der Waals surface area contributed by atoms with Crippen LogP contribution in [0.4, 0.5) is 16.2 Å². The summed E-state index contributed by atoms with van der Waals surface area (Å²) in [6.07, 6.45) is 4.92. The van der Waals surface area contributed by atoms with E-state index in [1.807, 2.05) is 34.9 Å².